The van der Waals surface area contributed by atoms with Crippen molar-refractivity contribution in [2.24, 2.45) is 5.73 Å². The summed E-state index contributed by atoms with van der Waals surface area (Å²) in [5, 5.41) is 0. The van der Waals surface area contributed by atoms with E-state index < -0.39 is 5.91 Å². The van der Waals surface area contributed by atoms with Crippen molar-refractivity contribution < 1.29 is 9.53 Å². The molecule has 0 spiro atoms. The molecule has 98 valence electrons. The third-order valence-electron chi connectivity index (χ3n) is 2.73. The number of nitrogens with two attached hydrogens (primary N) is 2. The molecule has 1 heterocycles. The van der Waals surface area contributed by atoms with Crippen molar-refractivity contribution in [3.05, 3.63) is 47.7 Å². The van der Waals surface area contributed by atoms with E-state index in [1.54, 1.807) is 0 Å². The molecule has 1 aromatic carbocycles. The number of hydrogen-bond acceptors (Lipinski definition) is 4. The van der Waals surface area contributed by atoms with E-state index in [4.69, 9.17) is 16.2 Å². The second kappa shape index (κ2) is 5.39. The standard InChI is InChI=1S/C14H15N3O2/c1-2-9-3-5-10(6-4-9)19-13-7-11(14(16)18)12(15)8-17-13/h3-8H,2,15H2,1H3,(H2,16,18). The molecule has 2 rings (SSSR count). The third-order valence-corrected chi connectivity index (χ3v) is 2.73. The average molecular weight is 257 g/mol. The molecule has 0 fully saturated rings. The Balaban J connectivity index is 2.22. The number of aromatic nitrogens is 1. The van der Waals surface area contributed by atoms with Gasteiger partial charge in [-0.25, -0.2) is 4.98 Å². The van der Waals surface area contributed by atoms with Crippen LogP contribution in [0, 0.1) is 0 Å². The van der Waals surface area contributed by atoms with Gasteiger partial charge >= 0.3 is 0 Å². The first-order valence-electron chi connectivity index (χ1n) is 5.92. The van der Waals surface area contributed by atoms with E-state index >= 15 is 0 Å². The summed E-state index contributed by atoms with van der Waals surface area (Å²) in [4.78, 5) is 15.2. The first-order chi connectivity index (χ1) is 9.10. The maximum absolute atomic E-state index is 11.2. The van der Waals surface area contributed by atoms with Crippen molar-refractivity contribution in [2.45, 2.75) is 13.3 Å². The summed E-state index contributed by atoms with van der Waals surface area (Å²) >= 11 is 0. The van der Waals surface area contributed by atoms with Crippen LogP contribution < -0.4 is 16.2 Å². The molecule has 2 aromatic rings. The number of benzene rings is 1. The van der Waals surface area contributed by atoms with Crippen LogP contribution in [0.4, 0.5) is 5.69 Å². The summed E-state index contributed by atoms with van der Waals surface area (Å²) in [5.41, 5.74) is 12.5. The molecule has 0 saturated carbocycles. The van der Waals surface area contributed by atoms with Crippen LogP contribution in [-0.4, -0.2) is 10.9 Å². The Morgan fingerprint density at radius 2 is 2.00 bits per heavy atom. The molecule has 0 bridgehead atoms. The second-order valence-corrected chi connectivity index (χ2v) is 4.07. The largest absolute Gasteiger partial charge is 0.439 e. The van der Waals surface area contributed by atoms with Crippen LogP contribution in [0.1, 0.15) is 22.8 Å². The summed E-state index contributed by atoms with van der Waals surface area (Å²) in [6, 6.07) is 9.08. The maximum Gasteiger partial charge on any atom is 0.251 e. The third kappa shape index (κ3) is 3.01. The number of carbonyl (C=O) groups is 1. The number of nitrogens with zero attached hydrogens (tertiary/aromatic N) is 1. The van der Waals surface area contributed by atoms with Crippen molar-refractivity contribution in [3.63, 3.8) is 0 Å². The fourth-order valence-corrected chi connectivity index (χ4v) is 1.63. The highest BCUT2D eigenvalue weighted by Gasteiger charge is 2.09. The molecule has 5 nitrogen and oxygen atoms in total. The Morgan fingerprint density at radius 1 is 1.32 bits per heavy atom. The number of anilines is 1. The number of carbonyl (C=O) groups excluding carboxylic acids is 1. The predicted octanol–water partition coefficient (Wildman–Crippen LogP) is 2.12. The van der Waals surface area contributed by atoms with Crippen LogP contribution >= 0.6 is 0 Å². The Morgan fingerprint density at radius 3 is 2.58 bits per heavy atom. The van der Waals surface area contributed by atoms with Crippen molar-refractivity contribution >= 4 is 11.6 Å². The number of aryl methyl sites for hydroxylation is 1. The quantitative estimate of drug-likeness (QED) is 0.877. The lowest BCUT2D eigenvalue weighted by molar-refractivity contribution is 0.100. The molecule has 0 saturated heterocycles. The van der Waals surface area contributed by atoms with E-state index in [0.717, 1.165) is 6.42 Å². The highest BCUT2D eigenvalue weighted by molar-refractivity contribution is 5.98. The number of nitrogen functional groups attached to an aromatic ring is 1. The molecule has 0 atom stereocenters. The Kier molecular flexibility index (Phi) is 3.66. The zero-order chi connectivity index (χ0) is 13.8. The van der Waals surface area contributed by atoms with E-state index in [0.29, 0.717) is 5.75 Å². The van der Waals surface area contributed by atoms with Crippen LogP contribution in [-0.2, 0) is 6.42 Å². The zero-order valence-electron chi connectivity index (χ0n) is 10.6. The van der Waals surface area contributed by atoms with E-state index in [2.05, 4.69) is 11.9 Å². The fourth-order valence-electron chi connectivity index (χ4n) is 1.63. The van der Waals surface area contributed by atoms with E-state index in [9.17, 15) is 4.79 Å². The number of amides is 1. The minimum Gasteiger partial charge on any atom is -0.439 e. The maximum atomic E-state index is 11.2. The molecule has 4 N–H and O–H groups in total. The van der Waals surface area contributed by atoms with Crippen molar-refractivity contribution in [1.82, 2.24) is 4.98 Å². The predicted molar refractivity (Wildman–Crippen MR) is 73.1 cm³/mol. The van der Waals surface area contributed by atoms with E-state index in [1.807, 2.05) is 24.3 Å². The van der Waals surface area contributed by atoms with Crippen LogP contribution in [0.5, 0.6) is 11.6 Å². The van der Waals surface area contributed by atoms with Gasteiger partial charge in [-0.2, -0.15) is 0 Å². The van der Waals surface area contributed by atoms with Gasteiger partial charge in [0.25, 0.3) is 5.91 Å². The Hall–Kier alpha value is -2.56. The number of primary amides is 1. The van der Waals surface area contributed by atoms with Gasteiger partial charge in [-0.05, 0) is 24.1 Å². The molecular weight excluding hydrogens is 242 g/mol. The lowest BCUT2D eigenvalue weighted by Crippen LogP contribution is -2.13. The Labute approximate surface area is 111 Å². The molecule has 0 radical (unpaired) electrons. The van der Waals surface area contributed by atoms with Gasteiger partial charge in [0.2, 0.25) is 5.88 Å². The molecule has 5 heteroatoms. The minimum atomic E-state index is -0.605. The SMILES string of the molecule is CCc1ccc(Oc2cc(C(N)=O)c(N)cn2)cc1. The molecule has 1 amide bonds. The smallest absolute Gasteiger partial charge is 0.251 e. The van der Waals surface area contributed by atoms with Gasteiger partial charge in [-0.3, -0.25) is 4.79 Å². The average Bonchev–Trinajstić information content (AvgIpc) is 2.41. The lowest BCUT2D eigenvalue weighted by atomic mass is 10.2. The monoisotopic (exact) mass is 257 g/mol. The first-order valence-corrected chi connectivity index (χ1v) is 5.92. The van der Waals surface area contributed by atoms with Gasteiger partial charge in [-0.1, -0.05) is 19.1 Å². The molecule has 0 aliphatic heterocycles. The Bertz CT molecular complexity index is 594. The molecule has 19 heavy (non-hydrogen) atoms. The minimum absolute atomic E-state index is 0.204. The molecule has 0 aliphatic carbocycles. The van der Waals surface area contributed by atoms with Gasteiger partial charge < -0.3 is 16.2 Å². The highest BCUT2D eigenvalue weighted by Crippen LogP contribution is 2.22. The molecule has 1 aromatic heterocycles. The number of pyridine rings is 1. The van der Waals surface area contributed by atoms with Gasteiger partial charge in [0.05, 0.1) is 17.4 Å². The zero-order valence-corrected chi connectivity index (χ0v) is 10.6. The molecular formula is C14H15N3O2. The molecule has 0 aliphatic rings. The number of hydrogen-bond donors (Lipinski definition) is 2. The summed E-state index contributed by atoms with van der Waals surface area (Å²) in [7, 11) is 0. The highest BCUT2D eigenvalue weighted by atomic mass is 16.5. The lowest BCUT2D eigenvalue weighted by Gasteiger charge is -2.07. The van der Waals surface area contributed by atoms with Gasteiger partial charge in [0.1, 0.15) is 5.75 Å². The topological polar surface area (TPSA) is 91.2 Å². The van der Waals surface area contributed by atoms with Crippen molar-refractivity contribution in [1.29, 1.82) is 0 Å². The molecule has 0 unspecified atom stereocenters. The van der Waals surface area contributed by atoms with Crippen LogP contribution in [0.3, 0.4) is 0 Å². The van der Waals surface area contributed by atoms with Gasteiger partial charge in [0.15, 0.2) is 0 Å². The van der Waals surface area contributed by atoms with E-state index in [1.165, 1.54) is 17.8 Å². The second-order valence-electron chi connectivity index (χ2n) is 4.07. The summed E-state index contributed by atoms with van der Waals surface area (Å²) in [6.45, 7) is 2.08. The van der Waals surface area contributed by atoms with Gasteiger partial charge in [-0.15, -0.1) is 0 Å². The van der Waals surface area contributed by atoms with E-state index in [-0.39, 0.29) is 17.1 Å². The first kappa shape index (κ1) is 12.9. The number of ether oxygens (including phenoxy) is 1. The summed E-state index contributed by atoms with van der Waals surface area (Å²) in [6.07, 6.45) is 2.32. The van der Waals surface area contributed by atoms with Crippen molar-refractivity contribution in [2.75, 3.05) is 5.73 Å². The van der Waals surface area contributed by atoms with Crippen LogP contribution in [0.25, 0.3) is 0 Å². The van der Waals surface area contributed by atoms with Crippen LogP contribution in [0.15, 0.2) is 36.5 Å². The van der Waals surface area contributed by atoms with Crippen molar-refractivity contribution in [3.8, 4) is 11.6 Å². The van der Waals surface area contributed by atoms with Crippen LogP contribution in [0.2, 0.25) is 0 Å². The van der Waals surface area contributed by atoms with Gasteiger partial charge in [0, 0.05) is 6.07 Å². The summed E-state index contributed by atoms with van der Waals surface area (Å²) in [5.74, 6) is 0.322. The summed E-state index contributed by atoms with van der Waals surface area (Å²) < 4.78 is 5.55. The normalized spacial score (nSPS) is 10.2. The fraction of sp³-hybridized carbons (Fsp3) is 0.143. The number of rotatable bonds is 4.